The van der Waals surface area contributed by atoms with Gasteiger partial charge < -0.3 is 15.0 Å². The van der Waals surface area contributed by atoms with Gasteiger partial charge in [0.15, 0.2) is 0 Å². The van der Waals surface area contributed by atoms with Crippen LogP contribution in [0.15, 0.2) is 0 Å². The smallest absolute Gasteiger partial charge is 0.0707 e. The van der Waals surface area contributed by atoms with Gasteiger partial charge in [0.2, 0.25) is 0 Å². The lowest BCUT2D eigenvalue weighted by Gasteiger charge is -2.32. The molecule has 106 valence electrons. The third-order valence-corrected chi connectivity index (χ3v) is 4.51. The Morgan fingerprint density at radius 1 is 1.06 bits per heavy atom. The Bertz CT molecular complexity index is 229. The van der Waals surface area contributed by atoms with Crippen molar-refractivity contribution < 1.29 is 4.74 Å². The first-order valence-corrected chi connectivity index (χ1v) is 7.86. The van der Waals surface area contributed by atoms with E-state index in [-0.39, 0.29) is 0 Å². The minimum atomic E-state index is 0.453. The second kappa shape index (κ2) is 7.46. The van der Waals surface area contributed by atoms with Crippen LogP contribution in [0.5, 0.6) is 0 Å². The molecule has 1 heterocycles. The fourth-order valence-electron chi connectivity index (χ4n) is 3.36. The van der Waals surface area contributed by atoms with Gasteiger partial charge in [0, 0.05) is 19.1 Å². The predicted molar refractivity (Wildman–Crippen MR) is 75.9 cm³/mol. The van der Waals surface area contributed by atoms with Crippen molar-refractivity contribution in [3.63, 3.8) is 0 Å². The van der Waals surface area contributed by atoms with Crippen LogP contribution < -0.4 is 5.32 Å². The summed E-state index contributed by atoms with van der Waals surface area (Å²) in [6, 6.07) is 0.815. The molecule has 1 N–H and O–H groups in total. The summed E-state index contributed by atoms with van der Waals surface area (Å²) in [6.45, 7) is 5.36. The lowest BCUT2D eigenvalue weighted by molar-refractivity contribution is 0.0174. The fraction of sp³-hybridized carbons (Fsp3) is 1.00. The molecule has 3 nitrogen and oxygen atoms in total. The van der Waals surface area contributed by atoms with Crippen molar-refractivity contribution in [2.75, 3.05) is 26.7 Å². The van der Waals surface area contributed by atoms with E-state index in [0.29, 0.717) is 12.2 Å². The third kappa shape index (κ3) is 4.22. The van der Waals surface area contributed by atoms with Crippen molar-refractivity contribution in [3.8, 4) is 0 Å². The van der Waals surface area contributed by atoms with Crippen LogP contribution in [0.3, 0.4) is 0 Å². The van der Waals surface area contributed by atoms with E-state index in [1.807, 2.05) is 0 Å². The molecule has 1 aliphatic carbocycles. The first-order chi connectivity index (χ1) is 8.79. The van der Waals surface area contributed by atoms with E-state index < -0.39 is 0 Å². The molecule has 2 unspecified atom stereocenters. The lowest BCUT2D eigenvalue weighted by atomic mass is 9.94. The molecule has 1 saturated heterocycles. The lowest BCUT2D eigenvalue weighted by Crippen LogP contribution is -2.39. The molecule has 0 spiro atoms. The van der Waals surface area contributed by atoms with Crippen molar-refractivity contribution in [2.45, 2.75) is 70.1 Å². The highest BCUT2D eigenvalue weighted by atomic mass is 16.5. The standard InChI is InChI=1S/C15H30N2O/c1-3-16-11-14-9-10-15(18-14)12-17(2)13-7-5-4-6-8-13/h13-16H,3-12H2,1-2H3. The predicted octanol–water partition coefficient (Wildman–Crippen LogP) is 2.41. The van der Waals surface area contributed by atoms with Crippen LogP contribution in [-0.4, -0.2) is 49.8 Å². The highest BCUT2D eigenvalue weighted by Crippen LogP contribution is 2.25. The Balaban J connectivity index is 1.66. The number of nitrogens with zero attached hydrogens (tertiary/aromatic N) is 1. The Kier molecular flexibility index (Phi) is 5.93. The van der Waals surface area contributed by atoms with Gasteiger partial charge in [-0.15, -0.1) is 0 Å². The molecule has 2 rings (SSSR count). The van der Waals surface area contributed by atoms with Gasteiger partial charge in [0.25, 0.3) is 0 Å². The van der Waals surface area contributed by atoms with Gasteiger partial charge in [0.1, 0.15) is 0 Å². The minimum Gasteiger partial charge on any atom is -0.372 e. The molecule has 0 aromatic heterocycles. The molecule has 3 heteroatoms. The summed E-state index contributed by atoms with van der Waals surface area (Å²) >= 11 is 0. The summed E-state index contributed by atoms with van der Waals surface area (Å²) in [7, 11) is 2.29. The summed E-state index contributed by atoms with van der Waals surface area (Å²) < 4.78 is 6.12. The quantitative estimate of drug-likeness (QED) is 0.788. The Hall–Kier alpha value is -0.120. The van der Waals surface area contributed by atoms with Crippen LogP contribution >= 0.6 is 0 Å². The van der Waals surface area contributed by atoms with E-state index in [4.69, 9.17) is 4.74 Å². The van der Waals surface area contributed by atoms with Crippen LogP contribution in [0.4, 0.5) is 0 Å². The van der Waals surface area contributed by atoms with Gasteiger partial charge in [-0.25, -0.2) is 0 Å². The largest absolute Gasteiger partial charge is 0.372 e. The molecule has 0 aromatic carbocycles. The van der Waals surface area contributed by atoms with Crippen molar-refractivity contribution in [2.24, 2.45) is 0 Å². The number of likely N-dealkylation sites (N-methyl/N-ethyl adjacent to an activating group) is 2. The molecule has 0 amide bonds. The molecule has 2 atom stereocenters. The van der Waals surface area contributed by atoms with E-state index in [9.17, 15) is 0 Å². The third-order valence-electron chi connectivity index (χ3n) is 4.51. The highest BCUT2D eigenvalue weighted by molar-refractivity contribution is 4.80. The molecular formula is C15H30N2O. The maximum absolute atomic E-state index is 6.12. The van der Waals surface area contributed by atoms with Crippen LogP contribution in [0.25, 0.3) is 0 Å². The van der Waals surface area contributed by atoms with E-state index in [0.717, 1.165) is 25.7 Å². The van der Waals surface area contributed by atoms with Gasteiger partial charge in [-0.3, -0.25) is 0 Å². The SMILES string of the molecule is CCNCC1CCC(CN(C)C2CCCCC2)O1. The number of rotatable bonds is 6. The Labute approximate surface area is 112 Å². The van der Waals surface area contributed by atoms with Crippen LogP contribution in [-0.2, 0) is 4.74 Å². The van der Waals surface area contributed by atoms with E-state index >= 15 is 0 Å². The average molecular weight is 254 g/mol. The first kappa shape index (κ1) is 14.3. The number of hydrogen-bond donors (Lipinski definition) is 1. The van der Waals surface area contributed by atoms with Gasteiger partial charge in [0.05, 0.1) is 12.2 Å². The number of nitrogens with one attached hydrogen (secondary N) is 1. The molecule has 2 fully saturated rings. The maximum atomic E-state index is 6.12. The summed E-state index contributed by atoms with van der Waals surface area (Å²) in [5, 5.41) is 3.39. The molecule has 0 aromatic rings. The second-order valence-corrected chi connectivity index (χ2v) is 6.00. The zero-order valence-corrected chi connectivity index (χ0v) is 12.2. The normalized spacial score (nSPS) is 30.2. The monoisotopic (exact) mass is 254 g/mol. The molecule has 2 aliphatic rings. The number of ether oxygens (including phenoxy) is 1. The van der Waals surface area contributed by atoms with Crippen molar-refractivity contribution in [1.29, 1.82) is 0 Å². The molecule has 18 heavy (non-hydrogen) atoms. The van der Waals surface area contributed by atoms with Gasteiger partial charge in [-0.05, 0) is 39.3 Å². The highest BCUT2D eigenvalue weighted by Gasteiger charge is 2.27. The van der Waals surface area contributed by atoms with Gasteiger partial charge >= 0.3 is 0 Å². The van der Waals surface area contributed by atoms with Crippen molar-refractivity contribution in [1.82, 2.24) is 10.2 Å². The van der Waals surface area contributed by atoms with Crippen LogP contribution in [0.2, 0.25) is 0 Å². The summed E-state index contributed by atoms with van der Waals surface area (Å²) in [5.41, 5.74) is 0. The first-order valence-electron chi connectivity index (χ1n) is 7.86. The summed E-state index contributed by atoms with van der Waals surface area (Å²) in [6.07, 6.45) is 10.5. The molecule has 0 radical (unpaired) electrons. The van der Waals surface area contributed by atoms with Gasteiger partial charge in [-0.1, -0.05) is 26.2 Å². The maximum Gasteiger partial charge on any atom is 0.0707 e. The zero-order valence-electron chi connectivity index (χ0n) is 12.2. The van der Waals surface area contributed by atoms with Crippen molar-refractivity contribution >= 4 is 0 Å². The van der Waals surface area contributed by atoms with E-state index in [1.165, 1.54) is 44.9 Å². The van der Waals surface area contributed by atoms with E-state index in [2.05, 4.69) is 24.2 Å². The zero-order chi connectivity index (χ0) is 12.8. The Morgan fingerprint density at radius 2 is 1.78 bits per heavy atom. The molecule has 0 bridgehead atoms. The molecule has 1 saturated carbocycles. The van der Waals surface area contributed by atoms with Crippen LogP contribution in [0.1, 0.15) is 51.9 Å². The Morgan fingerprint density at radius 3 is 2.50 bits per heavy atom. The fourth-order valence-corrected chi connectivity index (χ4v) is 3.36. The number of hydrogen-bond acceptors (Lipinski definition) is 3. The van der Waals surface area contributed by atoms with Crippen molar-refractivity contribution in [3.05, 3.63) is 0 Å². The summed E-state index contributed by atoms with van der Waals surface area (Å²) in [4.78, 5) is 2.56. The second-order valence-electron chi connectivity index (χ2n) is 6.00. The van der Waals surface area contributed by atoms with Gasteiger partial charge in [-0.2, -0.15) is 0 Å². The van der Waals surface area contributed by atoms with E-state index in [1.54, 1.807) is 0 Å². The summed E-state index contributed by atoms with van der Waals surface area (Å²) in [5.74, 6) is 0. The topological polar surface area (TPSA) is 24.5 Å². The average Bonchev–Trinajstić information content (AvgIpc) is 2.85. The minimum absolute atomic E-state index is 0.453. The molecule has 1 aliphatic heterocycles. The molecular weight excluding hydrogens is 224 g/mol. The van der Waals surface area contributed by atoms with Crippen LogP contribution in [0, 0.1) is 0 Å².